The number of anilines is 1. The van der Waals surface area contributed by atoms with Gasteiger partial charge in [-0.3, -0.25) is 9.59 Å². The summed E-state index contributed by atoms with van der Waals surface area (Å²) in [5.41, 5.74) is 0.655. The summed E-state index contributed by atoms with van der Waals surface area (Å²) in [5.74, 6) is 1.14. The second-order valence-electron chi connectivity index (χ2n) is 6.43. The van der Waals surface area contributed by atoms with Crippen molar-refractivity contribution in [1.29, 1.82) is 0 Å². The molecule has 0 aromatic heterocycles. The van der Waals surface area contributed by atoms with E-state index in [1.54, 1.807) is 32.4 Å². The Bertz CT molecular complexity index is 590. The summed E-state index contributed by atoms with van der Waals surface area (Å²) in [6.45, 7) is 4.80. The fourth-order valence-electron chi connectivity index (χ4n) is 3.17. The molecule has 1 aliphatic rings. The summed E-state index contributed by atoms with van der Waals surface area (Å²) in [6.07, 6.45) is 2.07. The maximum Gasteiger partial charge on any atom is 0.309 e. The number of piperidine rings is 1. The number of benzene rings is 1. The highest BCUT2D eigenvalue weighted by atomic mass is 16.5. The molecule has 1 saturated heterocycles. The normalized spacial score (nSPS) is 19.5. The van der Waals surface area contributed by atoms with Crippen LogP contribution >= 0.6 is 0 Å². The third-order valence-electron chi connectivity index (χ3n) is 4.65. The molecule has 0 spiro atoms. The van der Waals surface area contributed by atoms with E-state index in [2.05, 4.69) is 5.32 Å². The van der Waals surface area contributed by atoms with E-state index in [4.69, 9.17) is 14.2 Å². The second kappa shape index (κ2) is 10.0. The molecule has 0 saturated carbocycles. The third-order valence-corrected chi connectivity index (χ3v) is 4.65. The molecule has 0 unspecified atom stereocenters. The summed E-state index contributed by atoms with van der Waals surface area (Å²) in [6, 6.07) is 5.28. The first kappa shape index (κ1) is 20.0. The van der Waals surface area contributed by atoms with Crippen LogP contribution in [0.4, 0.5) is 5.69 Å². The molecule has 1 heterocycles. The minimum absolute atomic E-state index is 0.0109. The average molecular weight is 365 g/mol. The van der Waals surface area contributed by atoms with Gasteiger partial charge in [0, 0.05) is 36.7 Å². The molecule has 0 bridgehead atoms. The number of carbonyl (C=O) groups excluding carboxylic acids is 2. The van der Waals surface area contributed by atoms with Gasteiger partial charge in [-0.05, 0) is 6.92 Å². The van der Waals surface area contributed by atoms with E-state index >= 15 is 0 Å². The van der Waals surface area contributed by atoms with Crippen LogP contribution in [-0.2, 0) is 14.3 Å². The molecule has 0 atom stereocenters. The van der Waals surface area contributed by atoms with E-state index in [0.29, 0.717) is 30.2 Å². The van der Waals surface area contributed by atoms with Gasteiger partial charge >= 0.3 is 5.97 Å². The van der Waals surface area contributed by atoms with Gasteiger partial charge in [-0.1, -0.05) is 0 Å². The minimum Gasteiger partial charge on any atom is -0.497 e. The Morgan fingerprint density at radius 2 is 1.73 bits per heavy atom. The Balaban J connectivity index is 1.77. The fourth-order valence-corrected chi connectivity index (χ4v) is 3.17. The van der Waals surface area contributed by atoms with Crippen LogP contribution in [0.5, 0.6) is 11.5 Å². The molecular formula is C19H29N2O5+. The van der Waals surface area contributed by atoms with Crippen LogP contribution in [-0.4, -0.2) is 52.3 Å². The van der Waals surface area contributed by atoms with E-state index < -0.39 is 0 Å². The van der Waals surface area contributed by atoms with Gasteiger partial charge in [-0.25, -0.2) is 0 Å². The SMILES string of the molecule is CCOC(=O)C1CC[NH+](CCC(=O)Nc2cc(OC)cc(OC)c2)CC1. The zero-order valence-corrected chi connectivity index (χ0v) is 15.8. The lowest BCUT2D eigenvalue weighted by atomic mass is 9.97. The Labute approximate surface area is 154 Å². The van der Waals surface area contributed by atoms with Crippen LogP contribution in [0.2, 0.25) is 0 Å². The molecule has 1 fully saturated rings. The molecule has 26 heavy (non-hydrogen) atoms. The molecule has 1 amide bonds. The van der Waals surface area contributed by atoms with Crippen LogP contribution in [0.25, 0.3) is 0 Å². The zero-order chi connectivity index (χ0) is 18.9. The van der Waals surface area contributed by atoms with Gasteiger partial charge in [0.2, 0.25) is 5.91 Å². The predicted molar refractivity (Wildman–Crippen MR) is 97.7 cm³/mol. The molecular weight excluding hydrogens is 336 g/mol. The number of methoxy groups -OCH3 is 2. The summed E-state index contributed by atoms with van der Waals surface area (Å²) in [4.78, 5) is 25.3. The maximum absolute atomic E-state index is 12.2. The lowest BCUT2D eigenvalue weighted by Gasteiger charge is -2.27. The van der Waals surface area contributed by atoms with Gasteiger partial charge in [0.25, 0.3) is 0 Å². The van der Waals surface area contributed by atoms with Gasteiger partial charge in [0.1, 0.15) is 11.5 Å². The average Bonchev–Trinajstić information content (AvgIpc) is 2.66. The highest BCUT2D eigenvalue weighted by Gasteiger charge is 2.28. The zero-order valence-electron chi connectivity index (χ0n) is 15.8. The number of rotatable bonds is 8. The summed E-state index contributed by atoms with van der Waals surface area (Å²) >= 11 is 0. The van der Waals surface area contributed by atoms with Crippen LogP contribution in [0.15, 0.2) is 18.2 Å². The van der Waals surface area contributed by atoms with Crippen molar-refractivity contribution >= 4 is 17.6 Å². The third kappa shape index (κ3) is 5.91. The van der Waals surface area contributed by atoms with E-state index in [1.165, 1.54) is 4.90 Å². The molecule has 1 aromatic carbocycles. The second-order valence-corrected chi connectivity index (χ2v) is 6.43. The van der Waals surface area contributed by atoms with Crippen LogP contribution in [0.3, 0.4) is 0 Å². The van der Waals surface area contributed by atoms with Gasteiger partial charge in [-0.2, -0.15) is 0 Å². The molecule has 1 aromatic rings. The molecule has 144 valence electrons. The van der Waals surface area contributed by atoms with Crippen molar-refractivity contribution in [2.75, 3.05) is 45.8 Å². The summed E-state index contributed by atoms with van der Waals surface area (Å²) in [7, 11) is 3.15. The van der Waals surface area contributed by atoms with Crippen LogP contribution < -0.4 is 19.7 Å². The number of esters is 1. The van der Waals surface area contributed by atoms with Gasteiger partial charge in [-0.15, -0.1) is 0 Å². The lowest BCUT2D eigenvalue weighted by Crippen LogP contribution is -3.13. The Kier molecular flexibility index (Phi) is 7.72. The van der Waals surface area contributed by atoms with Gasteiger partial charge < -0.3 is 24.4 Å². The first-order valence-corrected chi connectivity index (χ1v) is 9.08. The van der Waals surface area contributed by atoms with Crippen molar-refractivity contribution in [3.63, 3.8) is 0 Å². The molecule has 2 N–H and O–H groups in total. The standard InChI is InChI=1S/C19H28N2O5/c1-4-26-19(23)14-5-8-21(9-6-14)10-7-18(22)20-15-11-16(24-2)13-17(12-15)25-3/h11-14H,4-10H2,1-3H3,(H,20,22)/p+1. The summed E-state index contributed by atoms with van der Waals surface area (Å²) < 4.78 is 15.5. The molecule has 7 nitrogen and oxygen atoms in total. The molecule has 7 heteroatoms. The molecule has 1 aliphatic heterocycles. The highest BCUT2D eigenvalue weighted by Crippen LogP contribution is 2.25. The fraction of sp³-hybridized carbons (Fsp3) is 0.579. The van der Waals surface area contributed by atoms with E-state index in [1.807, 2.05) is 6.92 Å². The quantitative estimate of drug-likeness (QED) is 0.669. The molecule has 0 aliphatic carbocycles. The van der Waals surface area contributed by atoms with Crippen molar-refractivity contribution < 1.29 is 28.7 Å². The van der Waals surface area contributed by atoms with E-state index in [9.17, 15) is 9.59 Å². The van der Waals surface area contributed by atoms with Crippen LogP contribution in [0, 0.1) is 5.92 Å². The molecule has 0 radical (unpaired) electrons. The lowest BCUT2D eigenvalue weighted by molar-refractivity contribution is -0.905. The number of amides is 1. The minimum atomic E-state index is -0.0868. The molecule has 2 rings (SSSR count). The number of nitrogens with one attached hydrogen (secondary N) is 2. The Morgan fingerprint density at radius 3 is 2.27 bits per heavy atom. The van der Waals surface area contributed by atoms with Gasteiger partial charge in [0.15, 0.2) is 0 Å². The van der Waals surface area contributed by atoms with Crippen molar-refractivity contribution in [3.8, 4) is 11.5 Å². The highest BCUT2D eigenvalue weighted by molar-refractivity contribution is 5.91. The smallest absolute Gasteiger partial charge is 0.309 e. The van der Waals surface area contributed by atoms with E-state index in [-0.39, 0.29) is 17.8 Å². The largest absolute Gasteiger partial charge is 0.497 e. The maximum atomic E-state index is 12.2. The number of hydrogen-bond donors (Lipinski definition) is 2. The first-order chi connectivity index (χ1) is 12.5. The Hall–Kier alpha value is -2.28. The number of quaternary nitrogens is 1. The van der Waals surface area contributed by atoms with Crippen molar-refractivity contribution in [3.05, 3.63) is 18.2 Å². The van der Waals surface area contributed by atoms with Crippen LogP contribution in [0.1, 0.15) is 26.2 Å². The van der Waals surface area contributed by atoms with Gasteiger partial charge in [0.05, 0.1) is 52.8 Å². The predicted octanol–water partition coefficient (Wildman–Crippen LogP) is 0.890. The van der Waals surface area contributed by atoms with Crippen molar-refractivity contribution in [2.24, 2.45) is 5.92 Å². The number of carbonyl (C=O) groups is 2. The van der Waals surface area contributed by atoms with E-state index in [0.717, 1.165) is 32.5 Å². The van der Waals surface area contributed by atoms with Crippen molar-refractivity contribution in [2.45, 2.75) is 26.2 Å². The monoisotopic (exact) mass is 365 g/mol. The topological polar surface area (TPSA) is 78.3 Å². The van der Waals surface area contributed by atoms with Crippen molar-refractivity contribution in [1.82, 2.24) is 0 Å². The number of hydrogen-bond acceptors (Lipinski definition) is 5. The number of ether oxygens (including phenoxy) is 3. The number of likely N-dealkylation sites (tertiary alicyclic amines) is 1. The first-order valence-electron chi connectivity index (χ1n) is 9.08. The Morgan fingerprint density at radius 1 is 1.12 bits per heavy atom. The summed E-state index contributed by atoms with van der Waals surface area (Å²) in [5, 5.41) is 2.89.